The molecule has 0 spiro atoms. The summed E-state index contributed by atoms with van der Waals surface area (Å²) in [6, 6.07) is 19.9. The van der Waals surface area contributed by atoms with Gasteiger partial charge in [-0.05, 0) is 17.7 Å². The largest absolute Gasteiger partial charge is 0.379 e. The maximum absolute atomic E-state index is 12.9. The van der Waals surface area contributed by atoms with Crippen molar-refractivity contribution in [2.24, 2.45) is 0 Å². The van der Waals surface area contributed by atoms with Crippen molar-refractivity contribution in [1.29, 1.82) is 0 Å². The van der Waals surface area contributed by atoms with Crippen molar-refractivity contribution < 1.29 is 9.53 Å². The van der Waals surface area contributed by atoms with Crippen LogP contribution in [0, 0.1) is 0 Å². The number of carbonyl (C=O) groups excluding carboxylic acids is 1. The topological polar surface area (TPSA) is 57.4 Å². The van der Waals surface area contributed by atoms with Gasteiger partial charge in [0.1, 0.15) is 5.69 Å². The van der Waals surface area contributed by atoms with Crippen molar-refractivity contribution in [3.8, 4) is 0 Å². The summed E-state index contributed by atoms with van der Waals surface area (Å²) in [6.45, 7) is 4.06. The number of fused-ring (bicyclic) bond motifs is 1. The van der Waals surface area contributed by atoms with E-state index in [1.165, 1.54) is 0 Å². The minimum atomic E-state index is -0.0803. The van der Waals surface area contributed by atoms with Gasteiger partial charge in [0.25, 0.3) is 5.91 Å². The van der Waals surface area contributed by atoms with Crippen LogP contribution in [0.5, 0.6) is 0 Å². The van der Waals surface area contributed by atoms with E-state index in [9.17, 15) is 4.79 Å². The summed E-state index contributed by atoms with van der Waals surface area (Å²) >= 11 is 0. The van der Waals surface area contributed by atoms with Gasteiger partial charge >= 0.3 is 0 Å². The second-order valence-corrected chi connectivity index (χ2v) is 6.62. The molecule has 3 aromatic rings. The van der Waals surface area contributed by atoms with E-state index in [1.54, 1.807) is 0 Å². The molecular weight excluding hydrogens is 326 g/mol. The van der Waals surface area contributed by atoms with E-state index in [1.807, 2.05) is 48.5 Å². The third-order valence-electron chi connectivity index (χ3n) is 4.83. The quantitative estimate of drug-likeness (QED) is 0.745. The number of hydrogen-bond acceptors (Lipinski definition) is 3. The van der Waals surface area contributed by atoms with Crippen molar-refractivity contribution in [2.75, 3.05) is 32.8 Å². The van der Waals surface area contributed by atoms with Crippen LogP contribution in [0.25, 0.3) is 10.9 Å². The third-order valence-corrected chi connectivity index (χ3v) is 4.83. The molecule has 1 fully saturated rings. The molecular formula is C21H23N3O2. The zero-order valence-electron chi connectivity index (χ0n) is 14.7. The lowest BCUT2D eigenvalue weighted by atomic mass is 10.1. The summed E-state index contributed by atoms with van der Waals surface area (Å²) < 4.78 is 5.44. The van der Waals surface area contributed by atoms with E-state index in [-0.39, 0.29) is 11.9 Å². The Morgan fingerprint density at radius 3 is 2.58 bits per heavy atom. The number of aromatic amines is 1. The summed E-state index contributed by atoms with van der Waals surface area (Å²) in [5.74, 6) is -0.0803. The maximum Gasteiger partial charge on any atom is 0.268 e. The first-order valence-electron chi connectivity index (χ1n) is 9.03. The molecule has 5 nitrogen and oxygen atoms in total. The zero-order chi connectivity index (χ0) is 17.8. The van der Waals surface area contributed by atoms with Gasteiger partial charge < -0.3 is 15.0 Å². The normalized spacial score (nSPS) is 16.5. The molecule has 2 N–H and O–H groups in total. The number of carbonyl (C=O) groups is 1. The summed E-state index contributed by atoms with van der Waals surface area (Å²) in [4.78, 5) is 18.4. The molecule has 1 saturated heterocycles. The molecule has 1 aromatic heterocycles. The number of aromatic nitrogens is 1. The van der Waals surface area contributed by atoms with Gasteiger partial charge in [0.2, 0.25) is 0 Å². The van der Waals surface area contributed by atoms with Gasteiger partial charge in [0.15, 0.2) is 0 Å². The van der Waals surface area contributed by atoms with Crippen molar-refractivity contribution in [2.45, 2.75) is 6.04 Å². The van der Waals surface area contributed by atoms with Crippen LogP contribution in [0.4, 0.5) is 0 Å². The number of nitrogens with one attached hydrogen (secondary N) is 2. The molecule has 5 heteroatoms. The third kappa shape index (κ3) is 3.79. The average molecular weight is 349 g/mol. The first kappa shape index (κ1) is 16.8. The summed E-state index contributed by atoms with van der Waals surface area (Å²) in [5.41, 5.74) is 2.68. The molecule has 1 aliphatic rings. The van der Waals surface area contributed by atoms with E-state index < -0.39 is 0 Å². The van der Waals surface area contributed by atoms with Crippen LogP contribution in [0.1, 0.15) is 22.1 Å². The summed E-state index contributed by atoms with van der Waals surface area (Å²) in [7, 11) is 0. The van der Waals surface area contributed by atoms with Crippen LogP contribution >= 0.6 is 0 Å². The predicted octanol–water partition coefficient (Wildman–Crippen LogP) is 2.97. The molecule has 1 aliphatic heterocycles. The number of rotatable bonds is 5. The van der Waals surface area contributed by atoms with Crippen LogP contribution in [0.2, 0.25) is 0 Å². The minimum Gasteiger partial charge on any atom is -0.379 e. The van der Waals surface area contributed by atoms with Gasteiger partial charge in [-0.25, -0.2) is 0 Å². The van der Waals surface area contributed by atoms with Gasteiger partial charge in [0.05, 0.1) is 19.3 Å². The Kier molecular flexibility index (Phi) is 5.00. The lowest BCUT2D eigenvalue weighted by Crippen LogP contribution is -2.43. The lowest BCUT2D eigenvalue weighted by Gasteiger charge is -2.31. The Bertz CT molecular complexity index is 836. The second kappa shape index (κ2) is 7.72. The predicted molar refractivity (Wildman–Crippen MR) is 102 cm³/mol. The van der Waals surface area contributed by atoms with Crippen molar-refractivity contribution in [1.82, 2.24) is 15.2 Å². The molecule has 4 rings (SSSR count). The number of amides is 1. The smallest absolute Gasteiger partial charge is 0.268 e. The molecule has 2 aromatic carbocycles. The Morgan fingerprint density at radius 1 is 1.08 bits per heavy atom. The van der Waals surface area contributed by atoms with Crippen LogP contribution in [-0.4, -0.2) is 48.6 Å². The molecule has 0 radical (unpaired) electrons. The van der Waals surface area contributed by atoms with Crippen molar-refractivity contribution in [3.63, 3.8) is 0 Å². The van der Waals surface area contributed by atoms with Crippen LogP contribution < -0.4 is 5.32 Å². The zero-order valence-corrected chi connectivity index (χ0v) is 14.7. The molecule has 0 aliphatic carbocycles. The number of H-pyrrole nitrogens is 1. The van der Waals surface area contributed by atoms with Crippen LogP contribution in [0.15, 0.2) is 60.7 Å². The lowest BCUT2D eigenvalue weighted by molar-refractivity contribution is 0.0332. The SMILES string of the molecule is O=C(N[C@H](CN1CCOCC1)c1ccccc1)c1cc2ccccc2[nH]1. The fraction of sp³-hybridized carbons (Fsp3) is 0.286. The number of benzene rings is 2. The Labute approximate surface area is 153 Å². The Balaban J connectivity index is 1.54. The van der Waals surface area contributed by atoms with E-state index in [2.05, 4.69) is 27.3 Å². The minimum absolute atomic E-state index is 0.0618. The standard InChI is InChI=1S/C21H23N3O2/c25-21(19-14-17-8-4-5-9-18(17)22-19)23-20(16-6-2-1-3-7-16)15-24-10-12-26-13-11-24/h1-9,14,20,22H,10-13,15H2,(H,23,25)/t20-/m1/s1. The number of morpholine rings is 1. The van der Waals surface area contributed by atoms with E-state index in [0.717, 1.165) is 49.3 Å². The molecule has 26 heavy (non-hydrogen) atoms. The van der Waals surface area contributed by atoms with Crippen LogP contribution in [-0.2, 0) is 4.74 Å². The highest BCUT2D eigenvalue weighted by Gasteiger charge is 2.21. The van der Waals surface area contributed by atoms with Crippen LogP contribution in [0.3, 0.4) is 0 Å². The highest BCUT2D eigenvalue weighted by molar-refractivity contribution is 5.98. The highest BCUT2D eigenvalue weighted by atomic mass is 16.5. The number of hydrogen-bond donors (Lipinski definition) is 2. The first-order chi connectivity index (χ1) is 12.8. The van der Waals surface area contributed by atoms with Gasteiger partial charge in [-0.15, -0.1) is 0 Å². The second-order valence-electron chi connectivity index (χ2n) is 6.62. The monoisotopic (exact) mass is 349 g/mol. The average Bonchev–Trinajstić information content (AvgIpc) is 3.13. The molecule has 0 saturated carbocycles. The van der Waals surface area contributed by atoms with Gasteiger partial charge in [-0.2, -0.15) is 0 Å². The molecule has 0 bridgehead atoms. The Hall–Kier alpha value is -2.63. The fourth-order valence-corrected chi connectivity index (χ4v) is 3.39. The van der Waals surface area contributed by atoms with E-state index in [4.69, 9.17) is 4.74 Å². The molecule has 1 atom stereocenters. The van der Waals surface area contributed by atoms with Crippen molar-refractivity contribution in [3.05, 3.63) is 71.9 Å². The van der Waals surface area contributed by atoms with E-state index >= 15 is 0 Å². The highest BCUT2D eigenvalue weighted by Crippen LogP contribution is 2.18. The molecule has 0 unspecified atom stereocenters. The number of nitrogens with zero attached hydrogens (tertiary/aromatic N) is 1. The molecule has 134 valence electrons. The maximum atomic E-state index is 12.9. The first-order valence-corrected chi connectivity index (χ1v) is 9.03. The number of ether oxygens (including phenoxy) is 1. The molecule has 2 heterocycles. The van der Waals surface area contributed by atoms with E-state index in [0.29, 0.717) is 5.69 Å². The molecule has 1 amide bonds. The fourth-order valence-electron chi connectivity index (χ4n) is 3.39. The van der Waals surface area contributed by atoms with Gasteiger partial charge in [-0.1, -0.05) is 48.5 Å². The van der Waals surface area contributed by atoms with Crippen molar-refractivity contribution >= 4 is 16.8 Å². The van der Waals surface area contributed by atoms with Gasteiger partial charge in [0, 0.05) is 30.5 Å². The number of para-hydroxylation sites is 1. The summed E-state index contributed by atoms with van der Waals surface area (Å²) in [6.07, 6.45) is 0. The Morgan fingerprint density at radius 2 is 1.81 bits per heavy atom. The van der Waals surface area contributed by atoms with Gasteiger partial charge in [-0.3, -0.25) is 9.69 Å². The summed E-state index contributed by atoms with van der Waals surface area (Å²) in [5, 5.41) is 4.25.